The summed E-state index contributed by atoms with van der Waals surface area (Å²) in [7, 11) is 0. The van der Waals surface area contributed by atoms with Gasteiger partial charge in [0.15, 0.2) is 5.54 Å². The van der Waals surface area contributed by atoms with Crippen LogP contribution in [0.4, 0.5) is 0 Å². The largest absolute Gasteiger partial charge is 0.343 e. The molecule has 0 aliphatic carbocycles. The van der Waals surface area contributed by atoms with Crippen LogP contribution in [0.15, 0.2) is 60.8 Å². The molecule has 1 heterocycles. The van der Waals surface area contributed by atoms with E-state index in [9.17, 15) is 14.9 Å². The number of carbonyl (C=O) groups excluding carboxylic acids is 2. The molecule has 0 saturated carbocycles. The third-order valence-corrected chi connectivity index (χ3v) is 5.17. The molecule has 1 atom stereocenters. The minimum absolute atomic E-state index is 0.0922. The van der Waals surface area contributed by atoms with E-state index in [4.69, 9.17) is 0 Å². The van der Waals surface area contributed by atoms with Crippen molar-refractivity contribution in [3.63, 3.8) is 0 Å². The Morgan fingerprint density at radius 2 is 1.68 bits per heavy atom. The van der Waals surface area contributed by atoms with Crippen LogP contribution in [-0.4, -0.2) is 34.7 Å². The number of amides is 2. The second kappa shape index (κ2) is 8.10. The maximum atomic E-state index is 13.3. The molecule has 0 fully saturated rings. The van der Waals surface area contributed by atoms with Gasteiger partial charge < -0.3 is 4.90 Å². The van der Waals surface area contributed by atoms with E-state index in [-0.39, 0.29) is 18.2 Å². The zero-order valence-electron chi connectivity index (χ0n) is 16.1. The van der Waals surface area contributed by atoms with Gasteiger partial charge in [0, 0.05) is 30.4 Å². The number of nitrogens with zero attached hydrogens (tertiary/aromatic N) is 3. The molecule has 5 nitrogen and oxygen atoms in total. The van der Waals surface area contributed by atoms with Crippen molar-refractivity contribution in [1.29, 1.82) is 5.26 Å². The number of benzene rings is 2. The summed E-state index contributed by atoms with van der Waals surface area (Å²) < 4.78 is 0. The summed E-state index contributed by atoms with van der Waals surface area (Å²) in [5, 5.41) is 10.3. The minimum Gasteiger partial charge on any atom is -0.343 e. The number of carbonyl (C=O) groups is 2. The van der Waals surface area contributed by atoms with Crippen LogP contribution in [0, 0.1) is 11.3 Å². The summed E-state index contributed by atoms with van der Waals surface area (Å²) in [6, 6.07) is 18.6. The van der Waals surface area contributed by atoms with Crippen molar-refractivity contribution >= 4 is 17.9 Å². The molecule has 28 heavy (non-hydrogen) atoms. The Bertz CT molecular complexity index is 942. The lowest BCUT2D eigenvalue weighted by molar-refractivity contribution is -0.132. The molecule has 1 aliphatic rings. The van der Waals surface area contributed by atoms with Crippen LogP contribution in [0.2, 0.25) is 0 Å². The van der Waals surface area contributed by atoms with E-state index in [1.165, 1.54) is 4.90 Å². The van der Waals surface area contributed by atoms with Gasteiger partial charge in [0.2, 0.25) is 5.91 Å². The summed E-state index contributed by atoms with van der Waals surface area (Å²) in [6.07, 6.45) is 3.34. The summed E-state index contributed by atoms with van der Waals surface area (Å²) in [6.45, 7) is 4.92. The Morgan fingerprint density at radius 1 is 1.04 bits per heavy atom. The van der Waals surface area contributed by atoms with Gasteiger partial charge in [-0.15, -0.1) is 0 Å². The molecule has 2 aromatic rings. The molecule has 5 heteroatoms. The summed E-state index contributed by atoms with van der Waals surface area (Å²) in [5.41, 5.74) is 0.595. The highest BCUT2D eigenvalue weighted by Crippen LogP contribution is 2.40. The number of rotatable bonds is 5. The maximum absolute atomic E-state index is 13.3. The van der Waals surface area contributed by atoms with Gasteiger partial charge in [-0.3, -0.25) is 14.5 Å². The van der Waals surface area contributed by atoms with Crippen molar-refractivity contribution in [1.82, 2.24) is 9.80 Å². The maximum Gasteiger partial charge on any atom is 0.259 e. The molecular formula is C23H23N3O2. The van der Waals surface area contributed by atoms with E-state index in [0.29, 0.717) is 24.2 Å². The Hall–Kier alpha value is -3.39. The van der Waals surface area contributed by atoms with E-state index >= 15 is 0 Å². The van der Waals surface area contributed by atoms with Crippen molar-refractivity contribution in [3.8, 4) is 6.07 Å². The van der Waals surface area contributed by atoms with Crippen molar-refractivity contribution in [2.24, 2.45) is 0 Å². The van der Waals surface area contributed by atoms with Gasteiger partial charge in [-0.05, 0) is 37.6 Å². The molecular weight excluding hydrogens is 350 g/mol. The van der Waals surface area contributed by atoms with Gasteiger partial charge in [0.05, 0.1) is 12.5 Å². The van der Waals surface area contributed by atoms with Crippen molar-refractivity contribution in [2.75, 3.05) is 13.1 Å². The van der Waals surface area contributed by atoms with Crippen LogP contribution in [-0.2, 0) is 10.3 Å². The zero-order valence-corrected chi connectivity index (χ0v) is 16.1. The lowest BCUT2D eigenvalue weighted by Gasteiger charge is -2.40. The minimum atomic E-state index is -1.39. The average molecular weight is 373 g/mol. The van der Waals surface area contributed by atoms with Gasteiger partial charge in [0.1, 0.15) is 0 Å². The van der Waals surface area contributed by atoms with E-state index < -0.39 is 5.54 Å². The van der Waals surface area contributed by atoms with Crippen LogP contribution in [0.1, 0.15) is 41.8 Å². The summed E-state index contributed by atoms with van der Waals surface area (Å²) >= 11 is 0. The first-order chi connectivity index (χ1) is 13.6. The fourth-order valence-electron chi connectivity index (χ4n) is 3.63. The number of fused-ring (bicyclic) bond motifs is 1. The fourth-order valence-corrected chi connectivity index (χ4v) is 3.63. The normalized spacial score (nSPS) is 17.5. The van der Waals surface area contributed by atoms with Gasteiger partial charge in [0.25, 0.3) is 5.91 Å². The highest BCUT2D eigenvalue weighted by molar-refractivity contribution is 5.97. The summed E-state index contributed by atoms with van der Waals surface area (Å²) in [5.74, 6) is -0.456. The van der Waals surface area contributed by atoms with Gasteiger partial charge in [-0.25, -0.2) is 0 Å². The van der Waals surface area contributed by atoms with Crippen LogP contribution >= 0.6 is 0 Å². The second-order valence-corrected chi connectivity index (χ2v) is 6.66. The molecule has 1 aliphatic heterocycles. The number of hydrogen-bond donors (Lipinski definition) is 0. The lowest BCUT2D eigenvalue weighted by Crippen LogP contribution is -2.50. The molecule has 1 unspecified atom stereocenters. The van der Waals surface area contributed by atoms with E-state index in [1.807, 2.05) is 50.3 Å². The zero-order chi connectivity index (χ0) is 20.1. The topological polar surface area (TPSA) is 64.4 Å². The molecule has 0 N–H and O–H groups in total. The van der Waals surface area contributed by atoms with Gasteiger partial charge >= 0.3 is 0 Å². The molecule has 0 radical (unpaired) electrons. The number of nitriles is 1. The molecule has 2 aromatic carbocycles. The molecule has 0 bridgehead atoms. The molecule has 3 rings (SSSR count). The van der Waals surface area contributed by atoms with Gasteiger partial charge in [-0.1, -0.05) is 42.5 Å². The van der Waals surface area contributed by atoms with Crippen LogP contribution in [0.25, 0.3) is 6.08 Å². The van der Waals surface area contributed by atoms with E-state index in [1.54, 1.807) is 35.4 Å². The Balaban J connectivity index is 2.12. The van der Waals surface area contributed by atoms with Crippen molar-refractivity contribution in [2.45, 2.75) is 25.8 Å². The van der Waals surface area contributed by atoms with E-state index in [2.05, 4.69) is 6.07 Å². The Labute approximate surface area is 165 Å². The third kappa shape index (κ3) is 3.29. The summed E-state index contributed by atoms with van der Waals surface area (Å²) in [4.78, 5) is 29.3. The Morgan fingerprint density at radius 3 is 2.32 bits per heavy atom. The molecule has 142 valence electrons. The average Bonchev–Trinajstić information content (AvgIpc) is 2.75. The smallest absolute Gasteiger partial charge is 0.259 e. The highest BCUT2D eigenvalue weighted by Gasteiger charge is 2.46. The lowest BCUT2D eigenvalue weighted by atomic mass is 9.80. The van der Waals surface area contributed by atoms with Crippen LogP contribution < -0.4 is 0 Å². The Kier molecular flexibility index (Phi) is 5.60. The SMILES string of the molecule is CCN(CC)C(=O)CC1(C#N)c2ccccc2C=CN1C(=O)c1ccccc1. The molecule has 2 amide bonds. The monoisotopic (exact) mass is 373 g/mol. The van der Waals surface area contributed by atoms with Crippen molar-refractivity contribution < 1.29 is 9.59 Å². The first kappa shape index (κ1) is 19.4. The highest BCUT2D eigenvalue weighted by atomic mass is 16.2. The first-order valence-corrected chi connectivity index (χ1v) is 9.42. The predicted octanol–water partition coefficient (Wildman–Crippen LogP) is 3.79. The van der Waals surface area contributed by atoms with Gasteiger partial charge in [-0.2, -0.15) is 5.26 Å². The quantitative estimate of drug-likeness (QED) is 0.801. The predicted molar refractivity (Wildman–Crippen MR) is 108 cm³/mol. The van der Waals surface area contributed by atoms with Crippen LogP contribution in [0.5, 0.6) is 0 Å². The second-order valence-electron chi connectivity index (χ2n) is 6.66. The van der Waals surface area contributed by atoms with Crippen molar-refractivity contribution in [3.05, 3.63) is 77.5 Å². The third-order valence-electron chi connectivity index (χ3n) is 5.17. The fraction of sp³-hybridized carbons (Fsp3) is 0.261. The molecule has 0 spiro atoms. The first-order valence-electron chi connectivity index (χ1n) is 9.42. The molecule has 0 saturated heterocycles. The number of hydrogen-bond acceptors (Lipinski definition) is 3. The standard InChI is InChI=1S/C23H23N3O2/c1-3-25(4-2)21(27)16-23(17-24)20-13-9-8-10-18(20)14-15-26(23)22(28)19-11-6-5-7-12-19/h5-15H,3-4,16H2,1-2H3. The van der Waals surface area contributed by atoms with E-state index in [0.717, 1.165) is 5.56 Å². The van der Waals surface area contributed by atoms with Crippen LogP contribution in [0.3, 0.4) is 0 Å². The molecule has 0 aromatic heterocycles.